The fourth-order valence-corrected chi connectivity index (χ4v) is 3.75. The maximum absolute atomic E-state index is 12.7. The molecule has 0 saturated carbocycles. The van der Waals surface area contributed by atoms with Crippen molar-refractivity contribution < 1.29 is 4.79 Å². The van der Waals surface area contributed by atoms with E-state index in [1.165, 1.54) is 0 Å². The van der Waals surface area contributed by atoms with Gasteiger partial charge in [0.1, 0.15) is 11.3 Å². The van der Waals surface area contributed by atoms with Gasteiger partial charge in [-0.05, 0) is 55.1 Å². The van der Waals surface area contributed by atoms with Crippen LogP contribution >= 0.6 is 11.3 Å². The second kappa shape index (κ2) is 6.72. The van der Waals surface area contributed by atoms with Crippen LogP contribution in [0.25, 0.3) is 16.9 Å². The molecule has 0 unspecified atom stereocenters. The Morgan fingerprint density at radius 2 is 2.04 bits per heavy atom. The smallest absolute Gasteiger partial charge is 0.251 e. The lowest BCUT2D eigenvalue weighted by molar-refractivity contribution is 0.0950. The van der Waals surface area contributed by atoms with Crippen LogP contribution in [0.15, 0.2) is 54.0 Å². The van der Waals surface area contributed by atoms with E-state index in [1.807, 2.05) is 66.3 Å². The summed E-state index contributed by atoms with van der Waals surface area (Å²) in [6.07, 6.45) is 1.76. The lowest BCUT2D eigenvalue weighted by Crippen LogP contribution is -2.23. The van der Waals surface area contributed by atoms with Gasteiger partial charge in [0.25, 0.3) is 5.91 Å². The van der Waals surface area contributed by atoms with E-state index in [-0.39, 0.29) is 5.91 Å². The zero-order valence-electron chi connectivity index (χ0n) is 14.6. The van der Waals surface area contributed by atoms with Crippen molar-refractivity contribution >= 4 is 28.4 Å². The van der Waals surface area contributed by atoms with E-state index in [0.29, 0.717) is 12.1 Å². The third kappa shape index (κ3) is 2.88. The first-order chi connectivity index (χ1) is 12.6. The number of pyridine rings is 1. The SMILES string of the molecule is Cc1c(C(=O)NCc2cccs2)cccc1-n1c(C)nc2cccnc21. The molecule has 1 aromatic carbocycles. The van der Waals surface area contributed by atoms with Crippen LogP contribution < -0.4 is 5.32 Å². The number of nitrogens with one attached hydrogen (secondary N) is 1. The van der Waals surface area contributed by atoms with E-state index in [4.69, 9.17) is 0 Å². The van der Waals surface area contributed by atoms with Crippen LogP contribution in [0.1, 0.15) is 26.6 Å². The molecule has 1 N–H and O–H groups in total. The number of aromatic nitrogens is 3. The van der Waals surface area contributed by atoms with Gasteiger partial charge in [-0.15, -0.1) is 11.3 Å². The summed E-state index contributed by atoms with van der Waals surface area (Å²) in [5, 5.41) is 5.00. The van der Waals surface area contributed by atoms with Crippen molar-refractivity contribution in [2.75, 3.05) is 0 Å². The predicted molar refractivity (Wildman–Crippen MR) is 104 cm³/mol. The Morgan fingerprint density at radius 1 is 1.15 bits per heavy atom. The molecule has 130 valence electrons. The molecule has 4 rings (SSSR count). The average molecular weight is 362 g/mol. The molecule has 0 aliphatic carbocycles. The van der Waals surface area contributed by atoms with Crippen LogP contribution in [0.4, 0.5) is 0 Å². The van der Waals surface area contributed by atoms with Crippen LogP contribution in [-0.2, 0) is 6.54 Å². The zero-order valence-corrected chi connectivity index (χ0v) is 15.4. The highest BCUT2D eigenvalue weighted by molar-refractivity contribution is 7.09. The molecule has 1 amide bonds. The van der Waals surface area contributed by atoms with Crippen LogP contribution in [0, 0.1) is 13.8 Å². The van der Waals surface area contributed by atoms with Gasteiger partial charge in [0, 0.05) is 16.6 Å². The van der Waals surface area contributed by atoms with E-state index < -0.39 is 0 Å². The van der Waals surface area contributed by atoms with Crippen molar-refractivity contribution in [1.29, 1.82) is 0 Å². The predicted octanol–water partition coefficient (Wildman–Crippen LogP) is 4.03. The number of carbonyl (C=O) groups is 1. The van der Waals surface area contributed by atoms with Crippen LogP contribution in [-0.4, -0.2) is 20.4 Å². The van der Waals surface area contributed by atoms with Crippen molar-refractivity contribution in [3.63, 3.8) is 0 Å². The standard InChI is InChI=1S/C20H18N4OS/c1-13-16(20(25)22-12-15-6-5-11-26-15)7-3-9-18(13)24-14(2)23-17-8-4-10-21-19(17)24/h3-11H,12H2,1-2H3,(H,22,25). The number of nitrogens with zero attached hydrogens (tertiary/aromatic N) is 3. The van der Waals surface area contributed by atoms with Crippen molar-refractivity contribution in [3.05, 3.63) is 75.9 Å². The lowest BCUT2D eigenvalue weighted by atomic mass is 10.1. The minimum absolute atomic E-state index is 0.0761. The van der Waals surface area contributed by atoms with Gasteiger partial charge in [0.15, 0.2) is 5.65 Å². The Hall–Kier alpha value is -2.99. The summed E-state index contributed by atoms with van der Waals surface area (Å²) in [6, 6.07) is 13.6. The summed E-state index contributed by atoms with van der Waals surface area (Å²) in [5.74, 6) is 0.769. The first-order valence-corrected chi connectivity index (χ1v) is 9.24. The van der Waals surface area contributed by atoms with Gasteiger partial charge in [-0.3, -0.25) is 9.36 Å². The molecule has 0 atom stereocenters. The largest absolute Gasteiger partial charge is 0.347 e. The number of carbonyl (C=O) groups excluding carboxylic acids is 1. The molecule has 4 aromatic rings. The monoisotopic (exact) mass is 362 g/mol. The number of imidazole rings is 1. The van der Waals surface area contributed by atoms with E-state index in [1.54, 1.807) is 17.5 Å². The summed E-state index contributed by atoms with van der Waals surface area (Å²) in [5.41, 5.74) is 4.13. The highest BCUT2D eigenvalue weighted by atomic mass is 32.1. The quantitative estimate of drug-likeness (QED) is 0.596. The lowest BCUT2D eigenvalue weighted by Gasteiger charge is -2.13. The van der Waals surface area contributed by atoms with Gasteiger partial charge in [0.2, 0.25) is 0 Å². The van der Waals surface area contributed by atoms with E-state index in [0.717, 1.165) is 33.1 Å². The summed E-state index contributed by atoms with van der Waals surface area (Å²) in [7, 11) is 0. The first kappa shape index (κ1) is 16.5. The summed E-state index contributed by atoms with van der Waals surface area (Å²) in [4.78, 5) is 22.9. The Morgan fingerprint density at radius 3 is 2.85 bits per heavy atom. The van der Waals surface area contributed by atoms with Crippen molar-refractivity contribution in [2.45, 2.75) is 20.4 Å². The highest BCUT2D eigenvalue weighted by Gasteiger charge is 2.16. The number of rotatable bonds is 4. The highest BCUT2D eigenvalue weighted by Crippen LogP contribution is 2.24. The van der Waals surface area contributed by atoms with Gasteiger partial charge in [0.05, 0.1) is 12.2 Å². The number of hydrogen-bond donors (Lipinski definition) is 1. The number of hydrogen-bond acceptors (Lipinski definition) is 4. The number of fused-ring (bicyclic) bond motifs is 1. The average Bonchev–Trinajstić information content (AvgIpc) is 3.27. The molecule has 0 bridgehead atoms. The third-order valence-corrected chi connectivity index (χ3v) is 5.25. The maximum Gasteiger partial charge on any atom is 0.251 e. The molecule has 3 aromatic heterocycles. The van der Waals surface area contributed by atoms with Crippen molar-refractivity contribution in [3.8, 4) is 5.69 Å². The third-order valence-electron chi connectivity index (χ3n) is 4.38. The van der Waals surface area contributed by atoms with Gasteiger partial charge < -0.3 is 5.32 Å². The van der Waals surface area contributed by atoms with E-state index >= 15 is 0 Å². The zero-order chi connectivity index (χ0) is 18.1. The minimum atomic E-state index is -0.0761. The molecule has 6 heteroatoms. The number of thiophene rings is 1. The molecular weight excluding hydrogens is 344 g/mol. The second-order valence-electron chi connectivity index (χ2n) is 6.05. The second-order valence-corrected chi connectivity index (χ2v) is 7.08. The van der Waals surface area contributed by atoms with E-state index in [9.17, 15) is 4.79 Å². The molecule has 0 saturated heterocycles. The summed E-state index contributed by atoms with van der Waals surface area (Å²) >= 11 is 1.63. The molecule has 0 radical (unpaired) electrons. The summed E-state index contributed by atoms with van der Waals surface area (Å²) in [6.45, 7) is 4.45. The van der Waals surface area contributed by atoms with Crippen molar-refractivity contribution in [1.82, 2.24) is 19.9 Å². The first-order valence-electron chi connectivity index (χ1n) is 8.36. The Kier molecular flexibility index (Phi) is 4.26. The van der Waals surface area contributed by atoms with Gasteiger partial charge in [-0.25, -0.2) is 9.97 Å². The van der Waals surface area contributed by atoms with E-state index in [2.05, 4.69) is 15.3 Å². The Balaban J connectivity index is 1.71. The minimum Gasteiger partial charge on any atom is -0.347 e. The maximum atomic E-state index is 12.7. The molecule has 5 nitrogen and oxygen atoms in total. The normalized spacial score (nSPS) is 11.0. The Bertz CT molecular complexity index is 1080. The topological polar surface area (TPSA) is 59.8 Å². The van der Waals surface area contributed by atoms with Crippen LogP contribution in [0.5, 0.6) is 0 Å². The Labute approximate surface area is 155 Å². The molecule has 0 spiro atoms. The molecule has 26 heavy (non-hydrogen) atoms. The van der Waals surface area contributed by atoms with Crippen LogP contribution in [0.3, 0.4) is 0 Å². The van der Waals surface area contributed by atoms with Gasteiger partial charge in [-0.2, -0.15) is 0 Å². The fourth-order valence-electron chi connectivity index (χ4n) is 3.10. The molecule has 3 heterocycles. The fraction of sp³-hybridized carbons (Fsp3) is 0.150. The molecule has 0 fully saturated rings. The van der Waals surface area contributed by atoms with Crippen molar-refractivity contribution in [2.24, 2.45) is 0 Å². The molecule has 0 aliphatic rings. The molecular formula is C20H18N4OS. The number of amides is 1. The van der Waals surface area contributed by atoms with Gasteiger partial charge in [-0.1, -0.05) is 12.1 Å². The number of benzene rings is 1. The number of aryl methyl sites for hydroxylation is 1. The van der Waals surface area contributed by atoms with Crippen LogP contribution in [0.2, 0.25) is 0 Å². The van der Waals surface area contributed by atoms with Gasteiger partial charge >= 0.3 is 0 Å². The molecule has 0 aliphatic heterocycles. The summed E-state index contributed by atoms with van der Waals surface area (Å²) < 4.78 is 2.00.